The van der Waals surface area contributed by atoms with Crippen molar-refractivity contribution in [3.8, 4) is 0 Å². The van der Waals surface area contributed by atoms with E-state index in [1.54, 1.807) is 11.3 Å². The highest BCUT2D eigenvalue weighted by molar-refractivity contribution is 14.0. The Morgan fingerprint density at radius 1 is 1.31 bits per heavy atom. The summed E-state index contributed by atoms with van der Waals surface area (Å²) in [6, 6.07) is 0.745. The Bertz CT molecular complexity index is 527. The van der Waals surface area contributed by atoms with E-state index in [4.69, 9.17) is 4.99 Å². The molecule has 0 bridgehead atoms. The average molecular weight is 494 g/mol. The van der Waals surface area contributed by atoms with Crippen LogP contribution in [0.25, 0.3) is 0 Å². The number of halogens is 1. The molecule has 1 atom stereocenters. The Morgan fingerprint density at radius 3 is 2.77 bits per heavy atom. The standard InChI is InChI=1S/C19H35N5S.HI/c1-5-20-19(22-12-10-18-23-16(3)17(4)25-18)21-11-8-14-24-13-7-6-9-15(24)2;/h15H,5-14H2,1-4H3,(H2,20,21,22);1H. The van der Waals surface area contributed by atoms with Crippen molar-refractivity contribution < 1.29 is 0 Å². The van der Waals surface area contributed by atoms with Crippen LogP contribution in [-0.4, -0.2) is 54.6 Å². The van der Waals surface area contributed by atoms with Crippen LogP contribution < -0.4 is 10.6 Å². The van der Waals surface area contributed by atoms with Gasteiger partial charge < -0.3 is 15.5 Å². The summed E-state index contributed by atoms with van der Waals surface area (Å²) in [5.41, 5.74) is 1.16. The second-order valence-corrected chi connectivity index (χ2v) is 8.21. The first-order chi connectivity index (χ1) is 12.1. The van der Waals surface area contributed by atoms with Gasteiger partial charge in [0.1, 0.15) is 0 Å². The molecule has 2 rings (SSSR count). The fraction of sp³-hybridized carbons (Fsp3) is 0.789. The van der Waals surface area contributed by atoms with Gasteiger partial charge in [-0.2, -0.15) is 0 Å². The maximum Gasteiger partial charge on any atom is 0.191 e. The molecule has 150 valence electrons. The predicted molar refractivity (Wildman–Crippen MR) is 124 cm³/mol. The van der Waals surface area contributed by atoms with Gasteiger partial charge in [0.25, 0.3) is 0 Å². The molecule has 1 saturated heterocycles. The molecule has 1 fully saturated rings. The molecule has 1 aromatic rings. The van der Waals surface area contributed by atoms with Gasteiger partial charge in [0, 0.05) is 43.5 Å². The van der Waals surface area contributed by atoms with Gasteiger partial charge in [0.2, 0.25) is 0 Å². The van der Waals surface area contributed by atoms with Gasteiger partial charge >= 0.3 is 0 Å². The molecular weight excluding hydrogens is 457 g/mol. The number of rotatable bonds is 8. The number of nitrogens with zero attached hydrogens (tertiary/aromatic N) is 3. The molecule has 1 aromatic heterocycles. The van der Waals surface area contributed by atoms with E-state index in [1.165, 1.54) is 42.2 Å². The maximum atomic E-state index is 4.73. The first-order valence-electron chi connectivity index (χ1n) is 9.79. The molecule has 5 nitrogen and oxygen atoms in total. The highest BCUT2D eigenvalue weighted by atomic mass is 127. The number of hydrogen-bond acceptors (Lipinski definition) is 4. The minimum atomic E-state index is 0. The van der Waals surface area contributed by atoms with Gasteiger partial charge in [0.15, 0.2) is 5.96 Å². The molecule has 0 saturated carbocycles. The molecule has 1 unspecified atom stereocenters. The second kappa shape index (κ2) is 12.9. The van der Waals surface area contributed by atoms with Crippen LogP contribution in [0, 0.1) is 13.8 Å². The van der Waals surface area contributed by atoms with E-state index in [0.717, 1.165) is 50.2 Å². The summed E-state index contributed by atoms with van der Waals surface area (Å²) >= 11 is 1.80. The molecule has 7 heteroatoms. The van der Waals surface area contributed by atoms with Crippen molar-refractivity contribution in [1.29, 1.82) is 0 Å². The van der Waals surface area contributed by atoms with Crippen molar-refractivity contribution in [2.75, 3.05) is 32.7 Å². The van der Waals surface area contributed by atoms with E-state index in [9.17, 15) is 0 Å². The Kier molecular flexibility index (Phi) is 11.7. The smallest absolute Gasteiger partial charge is 0.191 e. The molecule has 1 aliphatic rings. The molecule has 0 spiro atoms. The molecule has 0 aliphatic carbocycles. The summed E-state index contributed by atoms with van der Waals surface area (Å²) in [6.07, 6.45) is 6.18. The Hall–Kier alpha value is -0.410. The Morgan fingerprint density at radius 2 is 2.12 bits per heavy atom. The lowest BCUT2D eigenvalue weighted by Gasteiger charge is -2.33. The zero-order valence-corrected chi connectivity index (χ0v) is 20.0. The minimum absolute atomic E-state index is 0. The highest BCUT2D eigenvalue weighted by Gasteiger charge is 2.16. The number of thiazole rings is 1. The van der Waals surface area contributed by atoms with Gasteiger partial charge in [0.05, 0.1) is 10.7 Å². The fourth-order valence-electron chi connectivity index (χ4n) is 3.23. The van der Waals surface area contributed by atoms with Crippen LogP contribution in [0.15, 0.2) is 4.99 Å². The van der Waals surface area contributed by atoms with Crippen LogP contribution in [0.4, 0.5) is 0 Å². The predicted octanol–water partition coefficient (Wildman–Crippen LogP) is 3.74. The highest BCUT2D eigenvalue weighted by Crippen LogP contribution is 2.17. The molecule has 2 heterocycles. The number of hydrogen-bond donors (Lipinski definition) is 2. The second-order valence-electron chi connectivity index (χ2n) is 6.92. The summed E-state index contributed by atoms with van der Waals surface area (Å²) in [6.45, 7) is 13.8. The number of aryl methyl sites for hydroxylation is 2. The first-order valence-corrected chi connectivity index (χ1v) is 10.6. The van der Waals surface area contributed by atoms with Crippen LogP contribution in [0.2, 0.25) is 0 Å². The van der Waals surface area contributed by atoms with Crippen LogP contribution in [0.1, 0.15) is 55.1 Å². The topological polar surface area (TPSA) is 52.6 Å². The number of likely N-dealkylation sites (tertiary alicyclic amines) is 1. The van der Waals surface area contributed by atoms with Crippen LogP contribution in [0.3, 0.4) is 0 Å². The minimum Gasteiger partial charge on any atom is -0.357 e. The lowest BCUT2D eigenvalue weighted by Crippen LogP contribution is -2.39. The Labute approximate surface area is 180 Å². The number of nitrogens with one attached hydrogen (secondary N) is 2. The molecule has 2 N–H and O–H groups in total. The third-order valence-electron chi connectivity index (χ3n) is 4.86. The van der Waals surface area contributed by atoms with E-state index in [-0.39, 0.29) is 24.0 Å². The van der Waals surface area contributed by atoms with Crippen molar-refractivity contribution in [3.05, 3.63) is 15.6 Å². The van der Waals surface area contributed by atoms with E-state index in [0.29, 0.717) is 0 Å². The van der Waals surface area contributed by atoms with Gasteiger partial charge in [-0.25, -0.2) is 4.98 Å². The number of guanidine groups is 1. The summed E-state index contributed by atoms with van der Waals surface area (Å²) < 4.78 is 0. The van der Waals surface area contributed by atoms with Crippen LogP contribution in [0.5, 0.6) is 0 Å². The average Bonchev–Trinajstić information content (AvgIpc) is 2.91. The summed E-state index contributed by atoms with van der Waals surface area (Å²) in [5, 5.41) is 7.98. The SMILES string of the molecule is CCNC(=NCCCN1CCCCC1C)NCCc1nc(C)c(C)s1.I. The van der Waals surface area contributed by atoms with Crippen molar-refractivity contribution in [3.63, 3.8) is 0 Å². The van der Waals surface area contributed by atoms with E-state index >= 15 is 0 Å². The lowest BCUT2D eigenvalue weighted by molar-refractivity contribution is 0.160. The fourth-order valence-corrected chi connectivity index (χ4v) is 4.16. The van der Waals surface area contributed by atoms with Gasteiger partial charge in [-0.15, -0.1) is 35.3 Å². The van der Waals surface area contributed by atoms with E-state index in [1.807, 2.05) is 0 Å². The van der Waals surface area contributed by atoms with Crippen molar-refractivity contribution in [2.24, 2.45) is 4.99 Å². The molecule has 26 heavy (non-hydrogen) atoms. The molecule has 0 aromatic carbocycles. The molecule has 1 aliphatic heterocycles. The van der Waals surface area contributed by atoms with Gasteiger partial charge in [-0.1, -0.05) is 6.42 Å². The van der Waals surface area contributed by atoms with Gasteiger partial charge in [-0.05, 0) is 53.5 Å². The first kappa shape index (κ1) is 23.6. The summed E-state index contributed by atoms with van der Waals surface area (Å²) in [4.78, 5) is 13.3. The van der Waals surface area contributed by atoms with Crippen molar-refractivity contribution >= 4 is 41.3 Å². The van der Waals surface area contributed by atoms with Gasteiger partial charge in [-0.3, -0.25) is 4.99 Å². The molecule has 0 amide bonds. The largest absolute Gasteiger partial charge is 0.357 e. The third-order valence-corrected chi connectivity index (χ3v) is 5.99. The third kappa shape index (κ3) is 8.08. The lowest BCUT2D eigenvalue weighted by atomic mass is 10.0. The molecular formula is C19H36IN5S. The van der Waals surface area contributed by atoms with E-state index < -0.39 is 0 Å². The van der Waals surface area contributed by atoms with Crippen LogP contribution in [-0.2, 0) is 6.42 Å². The summed E-state index contributed by atoms with van der Waals surface area (Å²) in [7, 11) is 0. The summed E-state index contributed by atoms with van der Waals surface area (Å²) in [5.74, 6) is 0.930. The normalized spacial score (nSPS) is 18.5. The molecule has 0 radical (unpaired) electrons. The number of aromatic nitrogens is 1. The van der Waals surface area contributed by atoms with Crippen LogP contribution >= 0.6 is 35.3 Å². The quantitative estimate of drug-likeness (QED) is 0.251. The zero-order valence-electron chi connectivity index (χ0n) is 16.8. The van der Waals surface area contributed by atoms with E-state index in [2.05, 4.69) is 48.2 Å². The van der Waals surface area contributed by atoms with Crippen molar-refractivity contribution in [2.45, 2.75) is 65.8 Å². The maximum absolute atomic E-state index is 4.73. The monoisotopic (exact) mass is 493 g/mol. The van der Waals surface area contributed by atoms with Crippen molar-refractivity contribution in [1.82, 2.24) is 20.5 Å². The zero-order chi connectivity index (χ0) is 18.1. The number of piperidine rings is 1. The number of aliphatic imine (C=N–C) groups is 1. The Balaban J connectivity index is 0.00000338.